The van der Waals surface area contributed by atoms with Crippen LogP contribution < -0.4 is 9.64 Å². The molecule has 0 unspecified atom stereocenters. The van der Waals surface area contributed by atoms with Crippen molar-refractivity contribution < 1.29 is 34.1 Å². The number of thiophene rings is 1. The van der Waals surface area contributed by atoms with Crippen LogP contribution in [0.4, 0.5) is 9.80 Å². The van der Waals surface area contributed by atoms with Crippen LogP contribution in [0.1, 0.15) is 41.8 Å². The minimum atomic E-state index is -1.19. The number of methoxy groups -OCH3 is 1. The number of carboxylic acids is 2. The van der Waals surface area contributed by atoms with Gasteiger partial charge < -0.3 is 19.7 Å². The van der Waals surface area contributed by atoms with Gasteiger partial charge in [-0.25, -0.2) is 14.4 Å². The van der Waals surface area contributed by atoms with Gasteiger partial charge in [0, 0.05) is 15.6 Å². The molecule has 0 atom stereocenters. The first-order valence-electron chi connectivity index (χ1n) is 9.84. The average Bonchev–Trinajstić information content (AvgIpc) is 3.29. The Bertz CT molecular complexity index is 1110. The maximum absolute atomic E-state index is 12.6. The molecular formula is C21H21NO7S2. The van der Waals surface area contributed by atoms with Crippen molar-refractivity contribution in [2.45, 2.75) is 38.1 Å². The van der Waals surface area contributed by atoms with E-state index in [1.807, 2.05) is 18.2 Å². The molecule has 1 aromatic heterocycles. The first-order valence-corrected chi connectivity index (χ1v) is 11.5. The van der Waals surface area contributed by atoms with Crippen LogP contribution in [0.3, 0.4) is 0 Å². The normalized spacial score (nSPS) is 14.6. The van der Waals surface area contributed by atoms with Crippen molar-refractivity contribution in [2.75, 3.05) is 18.6 Å². The number of anilines is 1. The topological polar surface area (TPSA) is 113 Å². The molecule has 4 rings (SSSR count). The Morgan fingerprint density at radius 3 is 2.52 bits per heavy atom. The highest BCUT2D eigenvalue weighted by atomic mass is 32.1. The number of aromatic carboxylic acids is 1. The number of nitrogens with zero attached hydrogens (tertiary/aromatic N) is 1. The van der Waals surface area contributed by atoms with Crippen molar-refractivity contribution in [3.63, 3.8) is 0 Å². The van der Waals surface area contributed by atoms with E-state index < -0.39 is 24.6 Å². The number of hydrogen-bond donors (Lipinski definition) is 2. The molecule has 0 spiro atoms. The van der Waals surface area contributed by atoms with Gasteiger partial charge >= 0.3 is 18.0 Å². The Labute approximate surface area is 185 Å². The lowest BCUT2D eigenvalue weighted by Crippen LogP contribution is -2.41. The second kappa shape index (κ2) is 8.72. The lowest BCUT2D eigenvalue weighted by molar-refractivity contribution is -0.139. The molecular weight excluding hydrogens is 442 g/mol. The van der Waals surface area contributed by atoms with Gasteiger partial charge in [-0.1, -0.05) is 25.3 Å². The molecule has 1 fully saturated rings. The Kier molecular flexibility index (Phi) is 6.01. The van der Waals surface area contributed by atoms with Crippen LogP contribution in [0.25, 0.3) is 20.5 Å². The monoisotopic (exact) mass is 463 g/mol. The number of ether oxygens (including phenoxy) is 2. The number of rotatable bonds is 6. The van der Waals surface area contributed by atoms with Gasteiger partial charge in [-0.2, -0.15) is 0 Å². The molecule has 164 valence electrons. The average molecular weight is 464 g/mol. The molecule has 1 aromatic rings. The molecule has 0 radical (unpaired) electrons. The first-order chi connectivity index (χ1) is 14.9. The third kappa shape index (κ3) is 4.05. The van der Waals surface area contributed by atoms with E-state index in [1.54, 1.807) is 4.90 Å². The summed E-state index contributed by atoms with van der Waals surface area (Å²) >= 11 is 2.40. The predicted octanol–water partition coefficient (Wildman–Crippen LogP) is 5.13. The lowest BCUT2D eigenvalue weighted by atomic mass is 9.94. The zero-order chi connectivity index (χ0) is 22.1. The fourth-order valence-electron chi connectivity index (χ4n) is 4.03. The van der Waals surface area contributed by atoms with Crippen LogP contribution in [-0.4, -0.2) is 48.0 Å². The van der Waals surface area contributed by atoms with Gasteiger partial charge in [0.1, 0.15) is 5.00 Å². The Balaban J connectivity index is 1.85. The van der Waals surface area contributed by atoms with E-state index in [4.69, 9.17) is 14.6 Å². The van der Waals surface area contributed by atoms with E-state index in [-0.39, 0.29) is 16.7 Å². The molecule has 2 heterocycles. The van der Waals surface area contributed by atoms with Gasteiger partial charge in [0.2, 0.25) is 0 Å². The lowest BCUT2D eigenvalue weighted by Gasteiger charge is -2.33. The summed E-state index contributed by atoms with van der Waals surface area (Å²) in [6, 6.07) is 5.66. The molecule has 8 nitrogen and oxygen atoms in total. The van der Waals surface area contributed by atoms with Gasteiger partial charge in [0.15, 0.2) is 17.2 Å². The predicted molar refractivity (Wildman–Crippen MR) is 118 cm³/mol. The number of carbonyl (C=O) groups is 3. The first kappa shape index (κ1) is 21.4. The summed E-state index contributed by atoms with van der Waals surface area (Å²) < 4.78 is 11.1. The number of amides is 1. The van der Waals surface area contributed by atoms with Crippen molar-refractivity contribution in [1.29, 1.82) is 0 Å². The minimum absolute atomic E-state index is 0.0390. The molecule has 1 amide bonds. The molecule has 2 N–H and O–H groups in total. The molecule has 1 aliphatic heterocycles. The second-order valence-corrected chi connectivity index (χ2v) is 9.40. The van der Waals surface area contributed by atoms with E-state index in [1.165, 1.54) is 18.4 Å². The van der Waals surface area contributed by atoms with Crippen LogP contribution in [0.2, 0.25) is 0 Å². The number of carbonyl (C=O) groups excluding carboxylic acids is 1. The van der Waals surface area contributed by atoms with Crippen molar-refractivity contribution in [2.24, 2.45) is 0 Å². The number of carboxylic acid groups (broad SMARTS) is 2. The Hall–Kier alpha value is -2.85. The van der Waals surface area contributed by atoms with Crippen LogP contribution in [0.5, 0.6) is 5.75 Å². The van der Waals surface area contributed by atoms with E-state index in [2.05, 4.69) is 0 Å². The van der Waals surface area contributed by atoms with Crippen LogP contribution >= 0.6 is 22.7 Å². The minimum Gasteiger partial charge on any atom is -0.479 e. The fraction of sp³-hybridized carbons (Fsp3) is 0.381. The highest BCUT2D eigenvalue weighted by molar-refractivity contribution is 7.24. The second-order valence-electron chi connectivity index (χ2n) is 7.32. The summed E-state index contributed by atoms with van der Waals surface area (Å²) in [6.45, 7) is -0.639. The molecule has 1 saturated carbocycles. The summed E-state index contributed by atoms with van der Waals surface area (Å²) in [7, 11) is 1.36. The van der Waals surface area contributed by atoms with Crippen LogP contribution in [0.15, 0.2) is 18.2 Å². The summed E-state index contributed by atoms with van der Waals surface area (Å²) in [5, 5.41) is 19.8. The fourth-order valence-corrected chi connectivity index (χ4v) is 6.36. The highest BCUT2D eigenvalue weighted by Gasteiger charge is 2.31. The Morgan fingerprint density at radius 1 is 1.13 bits per heavy atom. The largest absolute Gasteiger partial charge is 0.479 e. The maximum Gasteiger partial charge on any atom is 0.414 e. The van der Waals surface area contributed by atoms with Crippen molar-refractivity contribution in [3.05, 3.63) is 23.1 Å². The zero-order valence-corrected chi connectivity index (χ0v) is 18.4. The summed E-state index contributed by atoms with van der Waals surface area (Å²) in [6.07, 6.45) is 4.60. The molecule has 0 bridgehead atoms. The summed E-state index contributed by atoms with van der Waals surface area (Å²) in [5.41, 5.74) is 0.876. The number of hydrogen-bond acceptors (Lipinski definition) is 7. The standard InChI is InChI=1S/C21H21NO7S2/c1-28-21(27)22(12-5-3-2-4-6-12)14-8-7-11-9-13-16(18(11)31-14)17(29-10-15(23)24)19(30-13)20(25)26/h7-9,12H,2-6,10H2,1H3,(H,23,24)(H,25,26). The molecule has 0 aromatic carbocycles. The van der Waals surface area contributed by atoms with Crippen molar-refractivity contribution >= 4 is 55.8 Å². The van der Waals surface area contributed by atoms with Crippen molar-refractivity contribution in [3.8, 4) is 16.2 Å². The smallest absolute Gasteiger partial charge is 0.414 e. The third-order valence-electron chi connectivity index (χ3n) is 5.36. The van der Waals surface area contributed by atoms with Gasteiger partial charge in [-0.15, -0.1) is 22.7 Å². The summed E-state index contributed by atoms with van der Waals surface area (Å²) in [4.78, 5) is 37.7. The van der Waals surface area contributed by atoms with Gasteiger partial charge in [0.25, 0.3) is 0 Å². The maximum atomic E-state index is 12.6. The number of aliphatic carboxylic acids is 1. The van der Waals surface area contributed by atoms with Crippen LogP contribution in [0, 0.1) is 0 Å². The quantitative estimate of drug-likeness (QED) is 0.521. The summed E-state index contributed by atoms with van der Waals surface area (Å²) in [5.74, 6) is -2.31. The zero-order valence-electron chi connectivity index (χ0n) is 16.8. The number of fused-ring (bicyclic) bond motifs is 3. The van der Waals surface area contributed by atoms with Crippen LogP contribution in [-0.2, 0) is 9.53 Å². The highest BCUT2D eigenvalue weighted by Crippen LogP contribution is 2.50. The third-order valence-corrected chi connectivity index (χ3v) is 7.65. The van der Waals surface area contributed by atoms with E-state index in [0.29, 0.717) is 15.1 Å². The van der Waals surface area contributed by atoms with Gasteiger partial charge in [-0.05, 0) is 30.5 Å². The molecule has 31 heavy (non-hydrogen) atoms. The molecule has 0 saturated heterocycles. The molecule has 3 aliphatic rings. The van der Waals surface area contributed by atoms with E-state index in [0.717, 1.165) is 53.9 Å². The van der Waals surface area contributed by atoms with Gasteiger partial charge in [-0.3, -0.25) is 4.90 Å². The van der Waals surface area contributed by atoms with Crippen molar-refractivity contribution in [1.82, 2.24) is 0 Å². The SMILES string of the molecule is COC(=O)N(c1ccc2cc3sc(C(=O)O)c(OCC(=O)O)c3c-2s1)C1CCCCC1. The van der Waals surface area contributed by atoms with E-state index >= 15 is 0 Å². The van der Waals surface area contributed by atoms with E-state index in [9.17, 15) is 19.5 Å². The molecule has 10 heteroatoms. The molecule has 2 aliphatic carbocycles. The van der Waals surface area contributed by atoms with Gasteiger partial charge in [0.05, 0.1) is 12.5 Å². The Morgan fingerprint density at radius 2 is 1.87 bits per heavy atom.